The summed E-state index contributed by atoms with van der Waals surface area (Å²) in [5.41, 5.74) is 2.17. The predicted octanol–water partition coefficient (Wildman–Crippen LogP) is 2.48. The van der Waals surface area contributed by atoms with E-state index < -0.39 is 0 Å². The normalized spacial score (nSPS) is 15.7. The average molecular weight is 203 g/mol. The summed E-state index contributed by atoms with van der Waals surface area (Å²) in [6.45, 7) is 0. The van der Waals surface area contributed by atoms with Crippen LogP contribution in [0, 0.1) is 0 Å². The van der Waals surface area contributed by atoms with Crippen LogP contribution in [0.15, 0.2) is 24.0 Å². The van der Waals surface area contributed by atoms with Gasteiger partial charge in [0.15, 0.2) is 0 Å². The van der Waals surface area contributed by atoms with Crippen LogP contribution in [-0.2, 0) is 0 Å². The number of thiazole rings is 1. The Morgan fingerprint density at radius 3 is 3.00 bits per heavy atom. The molecule has 0 N–H and O–H groups in total. The summed E-state index contributed by atoms with van der Waals surface area (Å²) < 4.78 is 0. The van der Waals surface area contributed by atoms with Gasteiger partial charge in [0.1, 0.15) is 17.0 Å². The van der Waals surface area contributed by atoms with E-state index in [9.17, 15) is 0 Å². The zero-order chi connectivity index (χ0) is 9.38. The second-order valence-electron chi connectivity index (χ2n) is 3.45. The van der Waals surface area contributed by atoms with Gasteiger partial charge in [0, 0.05) is 17.5 Å². The van der Waals surface area contributed by atoms with Gasteiger partial charge < -0.3 is 0 Å². The van der Waals surface area contributed by atoms with E-state index in [0.29, 0.717) is 0 Å². The first-order chi connectivity index (χ1) is 6.93. The quantitative estimate of drug-likeness (QED) is 0.752. The molecule has 3 nitrogen and oxygen atoms in total. The first-order valence-corrected chi connectivity index (χ1v) is 5.53. The number of rotatable bonds is 2. The van der Waals surface area contributed by atoms with Crippen LogP contribution in [0.2, 0.25) is 0 Å². The Bertz CT molecular complexity index is 434. The van der Waals surface area contributed by atoms with Crippen LogP contribution >= 0.6 is 11.3 Å². The Labute approximate surface area is 85.9 Å². The highest BCUT2D eigenvalue weighted by Crippen LogP contribution is 2.41. The van der Waals surface area contributed by atoms with Crippen LogP contribution in [0.3, 0.4) is 0 Å². The molecule has 0 spiro atoms. The molecule has 0 radical (unpaired) electrons. The molecule has 3 rings (SSSR count). The molecule has 0 amide bonds. The van der Waals surface area contributed by atoms with E-state index in [1.165, 1.54) is 18.5 Å². The van der Waals surface area contributed by atoms with Crippen LogP contribution < -0.4 is 0 Å². The fourth-order valence-corrected chi connectivity index (χ4v) is 2.26. The molecular formula is C10H9N3S. The first kappa shape index (κ1) is 8.05. The molecule has 2 heterocycles. The molecule has 1 saturated carbocycles. The third-order valence-electron chi connectivity index (χ3n) is 2.32. The minimum Gasteiger partial charge on any atom is -0.245 e. The molecule has 2 aromatic rings. The fraction of sp³-hybridized carbons (Fsp3) is 0.300. The number of hydrogen-bond donors (Lipinski definition) is 0. The summed E-state index contributed by atoms with van der Waals surface area (Å²) >= 11 is 1.67. The summed E-state index contributed by atoms with van der Waals surface area (Å²) in [5.74, 6) is 0.724. The molecule has 70 valence electrons. The highest BCUT2D eigenvalue weighted by Gasteiger charge is 2.26. The molecular weight excluding hydrogens is 194 g/mol. The maximum Gasteiger partial charge on any atom is 0.142 e. The minimum atomic E-state index is 0.724. The monoisotopic (exact) mass is 203 g/mol. The lowest BCUT2D eigenvalue weighted by Crippen LogP contribution is -1.84. The maximum atomic E-state index is 4.57. The Kier molecular flexibility index (Phi) is 1.80. The van der Waals surface area contributed by atoms with Crippen molar-refractivity contribution in [3.05, 3.63) is 29.7 Å². The van der Waals surface area contributed by atoms with Crippen molar-refractivity contribution < 1.29 is 0 Å². The molecule has 1 fully saturated rings. The highest BCUT2D eigenvalue weighted by atomic mass is 32.1. The second kappa shape index (κ2) is 3.13. The summed E-state index contributed by atoms with van der Waals surface area (Å²) in [5, 5.41) is 3.16. The van der Waals surface area contributed by atoms with Gasteiger partial charge in [-0.2, -0.15) is 0 Å². The highest BCUT2D eigenvalue weighted by molar-refractivity contribution is 7.13. The second-order valence-corrected chi connectivity index (χ2v) is 4.30. The predicted molar refractivity (Wildman–Crippen MR) is 55.1 cm³/mol. The van der Waals surface area contributed by atoms with Gasteiger partial charge in [0.25, 0.3) is 0 Å². The summed E-state index contributed by atoms with van der Waals surface area (Å²) in [4.78, 5) is 12.6. The zero-order valence-electron chi connectivity index (χ0n) is 7.55. The molecule has 0 aliphatic heterocycles. The van der Waals surface area contributed by atoms with Crippen molar-refractivity contribution in [3.63, 3.8) is 0 Å². The van der Waals surface area contributed by atoms with E-state index in [4.69, 9.17) is 0 Å². The van der Waals surface area contributed by atoms with Crippen molar-refractivity contribution in [3.8, 4) is 10.7 Å². The van der Waals surface area contributed by atoms with Crippen molar-refractivity contribution in [2.75, 3.05) is 0 Å². The lowest BCUT2D eigenvalue weighted by atomic mass is 10.3. The van der Waals surface area contributed by atoms with Gasteiger partial charge in [0.2, 0.25) is 0 Å². The minimum absolute atomic E-state index is 0.724. The average Bonchev–Trinajstić information content (AvgIpc) is 2.98. The van der Waals surface area contributed by atoms with Gasteiger partial charge in [-0.25, -0.2) is 15.0 Å². The van der Waals surface area contributed by atoms with Crippen molar-refractivity contribution in [2.45, 2.75) is 18.8 Å². The lowest BCUT2D eigenvalue weighted by molar-refractivity contribution is 1.05. The van der Waals surface area contributed by atoms with Gasteiger partial charge in [0.05, 0.1) is 5.69 Å². The third kappa shape index (κ3) is 1.42. The number of nitrogens with zero attached hydrogens (tertiary/aromatic N) is 3. The van der Waals surface area contributed by atoms with Crippen molar-refractivity contribution in [1.82, 2.24) is 15.0 Å². The Balaban J connectivity index is 1.96. The van der Waals surface area contributed by atoms with E-state index in [0.717, 1.165) is 16.6 Å². The molecule has 0 aromatic carbocycles. The van der Waals surface area contributed by atoms with Gasteiger partial charge in [-0.15, -0.1) is 11.3 Å². The molecule has 0 bridgehead atoms. The number of hydrogen-bond acceptors (Lipinski definition) is 4. The van der Waals surface area contributed by atoms with E-state index in [1.54, 1.807) is 23.9 Å². The van der Waals surface area contributed by atoms with Crippen LogP contribution in [0.25, 0.3) is 10.7 Å². The topological polar surface area (TPSA) is 38.7 Å². The smallest absolute Gasteiger partial charge is 0.142 e. The van der Waals surface area contributed by atoms with Crippen LogP contribution in [0.1, 0.15) is 24.5 Å². The van der Waals surface area contributed by atoms with Gasteiger partial charge >= 0.3 is 0 Å². The standard InChI is InChI=1S/C10H9N3S/c1-2-7(1)9-5-14-10(13-9)8-3-4-11-6-12-8/h3-7H,1-2H2. The molecule has 1 aliphatic carbocycles. The molecule has 4 heteroatoms. The largest absolute Gasteiger partial charge is 0.245 e. The van der Waals surface area contributed by atoms with Gasteiger partial charge in [-0.1, -0.05) is 0 Å². The van der Waals surface area contributed by atoms with E-state index >= 15 is 0 Å². The summed E-state index contributed by atoms with van der Waals surface area (Å²) in [6.07, 6.45) is 5.91. The Morgan fingerprint density at radius 2 is 2.29 bits per heavy atom. The maximum absolute atomic E-state index is 4.57. The lowest BCUT2D eigenvalue weighted by Gasteiger charge is -1.91. The van der Waals surface area contributed by atoms with E-state index in [1.807, 2.05) is 6.07 Å². The molecule has 1 aliphatic rings. The Hall–Kier alpha value is -1.29. The first-order valence-electron chi connectivity index (χ1n) is 4.65. The van der Waals surface area contributed by atoms with Gasteiger partial charge in [-0.05, 0) is 18.9 Å². The SMILES string of the molecule is c1cc(-c2nc(C3CC3)cs2)ncn1. The van der Waals surface area contributed by atoms with Crippen LogP contribution in [0.5, 0.6) is 0 Å². The molecule has 0 atom stereocenters. The van der Waals surface area contributed by atoms with Crippen molar-refractivity contribution in [1.29, 1.82) is 0 Å². The van der Waals surface area contributed by atoms with E-state index in [-0.39, 0.29) is 0 Å². The molecule has 0 unspecified atom stereocenters. The number of aromatic nitrogens is 3. The van der Waals surface area contributed by atoms with Crippen LogP contribution in [0.4, 0.5) is 0 Å². The fourth-order valence-electron chi connectivity index (χ4n) is 1.39. The molecule has 14 heavy (non-hydrogen) atoms. The van der Waals surface area contributed by atoms with E-state index in [2.05, 4.69) is 20.3 Å². The molecule has 2 aromatic heterocycles. The summed E-state index contributed by atoms with van der Waals surface area (Å²) in [6, 6.07) is 1.90. The van der Waals surface area contributed by atoms with Gasteiger partial charge in [-0.3, -0.25) is 0 Å². The molecule has 0 saturated heterocycles. The zero-order valence-corrected chi connectivity index (χ0v) is 8.37. The Morgan fingerprint density at radius 1 is 1.36 bits per heavy atom. The van der Waals surface area contributed by atoms with Crippen LogP contribution in [-0.4, -0.2) is 15.0 Å². The summed E-state index contributed by atoms with van der Waals surface area (Å²) in [7, 11) is 0. The third-order valence-corrected chi connectivity index (χ3v) is 3.20. The van der Waals surface area contributed by atoms with Crippen molar-refractivity contribution >= 4 is 11.3 Å². The van der Waals surface area contributed by atoms with Crippen molar-refractivity contribution in [2.24, 2.45) is 0 Å².